The summed E-state index contributed by atoms with van der Waals surface area (Å²) in [4.78, 5) is 0.145. The number of nitrogens with two attached hydrogens (primary N) is 1. The van der Waals surface area contributed by atoms with Crippen LogP contribution in [-0.2, 0) is 23.1 Å². The van der Waals surface area contributed by atoms with Crippen LogP contribution in [0.3, 0.4) is 0 Å². The van der Waals surface area contributed by atoms with Gasteiger partial charge >= 0.3 is 0 Å². The van der Waals surface area contributed by atoms with Gasteiger partial charge in [0.05, 0.1) is 11.1 Å². The van der Waals surface area contributed by atoms with E-state index in [-0.39, 0.29) is 4.90 Å². The lowest BCUT2D eigenvalue weighted by Crippen LogP contribution is -2.14. The first-order valence-corrected chi connectivity index (χ1v) is 7.84. The highest BCUT2D eigenvalue weighted by molar-refractivity contribution is 7.89. The third-order valence-electron chi connectivity index (χ3n) is 3.08. The summed E-state index contributed by atoms with van der Waals surface area (Å²) in [6.45, 7) is 5.15. The third-order valence-corrected chi connectivity index (χ3v) is 4.14. The Morgan fingerprint density at radius 3 is 2.75 bits per heavy atom. The minimum atomic E-state index is -3.70. The molecule has 1 aromatic carbocycles. The molecular weight excluding hydrogens is 276 g/mol. The van der Waals surface area contributed by atoms with E-state index in [0.717, 1.165) is 17.8 Å². The van der Waals surface area contributed by atoms with Crippen LogP contribution in [0, 0.1) is 6.92 Å². The summed E-state index contributed by atoms with van der Waals surface area (Å²) >= 11 is 0. The molecule has 0 radical (unpaired) electrons. The quantitative estimate of drug-likeness (QED) is 0.873. The lowest BCUT2D eigenvalue weighted by molar-refractivity contribution is 0.597. The number of hydrogen-bond acceptors (Lipinski definition) is 4. The van der Waals surface area contributed by atoms with Crippen LogP contribution < -0.4 is 10.5 Å². The van der Waals surface area contributed by atoms with Gasteiger partial charge in [-0.05, 0) is 31.5 Å². The first-order valence-electron chi connectivity index (χ1n) is 6.29. The van der Waals surface area contributed by atoms with Crippen LogP contribution in [0.1, 0.15) is 18.1 Å². The molecule has 108 valence electrons. The fraction of sp³-hybridized carbons (Fsp3) is 0.308. The summed E-state index contributed by atoms with van der Waals surface area (Å²) < 4.78 is 24.8. The van der Waals surface area contributed by atoms with Gasteiger partial charge in [0, 0.05) is 30.5 Å². The van der Waals surface area contributed by atoms with Gasteiger partial charge in [-0.15, -0.1) is 0 Å². The molecule has 0 aliphatic carbocycles. The van der Waals surface area contributed by atoms with Crippen molar-refractivity contribution in [3.63, 3.8) is 0 Å². The molecule has 20 heavy (non-hydrogen) atoms. The number of anilines is 1. The van der Waals surface area contributed by atoms with Crippen LogP contribution in [-0.4, -0.2) is 18.2 Å². The average molecular weight is 294 g/mol. The second-order valence-electron chi connectivity index (χ2n) is 4.53. The molecule has 0 saturated heterocycles. The Kier molecular flexibility index (Phi) is 4.10. The Morgan fingerprint density at radius 2 is 2.15 bits per heavy atom. The van der Waals surface area contributed by atoms with Gasteiger partial charge in [-0.2, -0.15) is 5.10 Å². The number of nitrogens with zero attached hydrogens (tertiary/aromatic N) is 2. The zero-order chi connectivity index (χ0) is 14.8. The van der Waals surface area contributed by atoms with E-state index in [1.165, 1.54) is 6.07 Å². The maximum Gasteiger partial charge on any atom is 0.238 e. The summed E-state index contributed by atoms with van der Waals surface area (Å²) in [6.07, 6.45) is 3.74. The molecule has 0 fully saturated rings. The van der Waals surface area contributed by atoms with Gasteiger partial charge < -0.3 is 5.32 Å². The second-order valence-corrected chi connectivity index (χ2v) is 6.06. The van der Waals surface area contributed by atoms with Crippen molar-refractivity contribution < 1.29 is 8.42 Å². The Labute approximate surface area is 118 Å². The van der Waals surface area contributed by atoms with E-state index in [0.29, 0.717) is 12.1 Å². The van der Waals surface area contributed by atoms with E-state index in [1.54, 1.807) is 19.2 Å². The van der Waals surface area contributed by atoms with Gasteiger partial charge in [-0.3, -0.25) is 4.68 Å². The Bertz CT molecular complexity index is 707. The molecule has 0 aliphatic rings. The summed E-state index contributed by atoms with van der Waals surface area (Å²) in [6, 6.07) is 5.00. The standard InChI is InChI=1S/C13H18N4O2S/c1-3-17-9-11(8-16-17)7-15-12-5-4-6-13(10(12)2)20(14,18)19/h4-6,8-9,15H,3,7H2,1-2H3,(H2,14,18,19). The summed E-state index contributed by atoms with van der Waals surface area (Å²) in [5.41, 5.74) is 2.41. The number of benzene rings is 1. The molecular formula is C13H18N4O2S. The largest absolute Gasteiger partial charge is 0.381 e. The molecule has 6 nitrogen and oxygen atoms in total. The topological polar surface area (TPSA) is 90.0 Å². The van der Waals surface area contributed by atoms with Crippen molar-refractivity contribution in [2.24, 2.45) is 5.14 Å². The molecule has 0 amide bonds. The van der Waals surface area contributed by atoms with Gasteiger partial charge in [0.15, 0.2) is 0 Å². The maximum atomic E-state index is 11.5. The zero-order valence-electron chi connectivity index (χ0n) is 11.5. The van der Waals surface area contributed by atoms with E-state index >= 15 is 0 Å². The minimum absolute atomic E-state index is 0.145. The van der Waals surface area contributed by atoms with Crippen molar-refractivity contribution >= 4 is 15.7 Å². The van der Waals surface area contributed by atoms with Crippen LogP contribution in [0.4, 0.5) is 5.69 Å². The summed E-state index contributed by atoms with van der Waals surface area (Å²) in [7, 11) is -3.70. The predicted octanol–water partition coefficient (Wildman–Crippen LogP) is 1.47. The molecule has 0 spiro atoms. The van der Waals surface area contributed by atoms with Gasteiger partial charge in [-0.25, -0.2) is 13.6 Å². The monoisotopic (exact) mass is 294 g/mol. The van der Waals surface area contributed by atoms with E-state index in [4.69, 9.17) is 5.14 Å². The van der Waals surface area contributed by atoms with Gasteiger partial charge in [0.1, 0.15) is 0 Å². The van der Waals surface area contributed by atoms with E-state index < -0.39 is 10.0 Å². The number of rotatable bonds is 5. The van der Waals surface area contributed by atoms with Gasteiger partial charge in [-0.1, -0.05) is 6.07 Å². The SMILES string of the molecule is CCn1cc(CNc2cccc(S(N)(=O)=O)c2C)cn1. The molecule has 0 saturated carbocycles. The fourth-order valence-electron chi connectivity index (χ4n) is 1.98. The van der Waals surface area contributed by atoms with Gasteiger partial charge in [0.25, 0.3) is 0 Å². The number of nitrogens with one attached hydrogen (secondary N) is 1. The molecule has 0 bridgehead atoms. The van der Waals surface area contributed by atoms with Crippen molar-refractivity contribution in [1.82, 2.24) is 9.78 Å². The molecule has 2 aromatic rings. The van der Waals surface area contributed by atoms with Crippen LogP contribution >= 0.6 is 0 Å². The predicted molar refractivity (Wildman–Crippen MR) is 77.8 cm³/mol. The Morgan fingerprint density at radius 1 is 1.40 bits per heavy atom. The Hall–Kier alpha value is -1.86. The van der Waals surface area contributed by atoms with Crippen LogP contribution in [0.25, 0.3) is 0 Å². The number of hydrogen-bond donors (Lipinski definition) is 2. The zero-order valence-corrected chi connectivity index (χ0v) is 12.3. The number of sulfonamides is 1. The molecule has 1 aromatic heterocycles. The van der Waals surface area contributed by atoms with Crippen molar-refractivity contribution in [2.45, 2.75) is 31.8 Å². The number of primary sulfonamides is 1. The second kappa shape index (κ2) is 5.64. The normalized spacial score (nSPS) is 11.6. The minimum Gasteiger partial charge on any atom is -0.381 e. The van der Waals surface area contributed by atoms with Crippen LogP contribution in [0.2, 0.25) is 0 Å². The Balaban J connectivity index is 2.18. The van der Waals surface area contributed by atoms with E-state index in [1.807, 2.05) is 23.9 Å². The average Bonchev–Trinajstić information content (AvgIpc) is 2.84. The molecule has 0 unspecified atom stereocenters. The van der Waals surface area contributed by atoms with Crippen molar-refractivity contribution in [1.29, 1.82) is 0 Å². The van der Waals surface area contributed by atoms with Crippen molar-refractivity contribution in [3.05, 3.63) is 41.7 Å². The molecule has 2 rings (SSSR count). The fourth-order valence-corrected chi connectivity index (χ4v) is 2.79. The molecule has 7 heteroatoms. The lowest BCUT2D eigenvalue weighted by Gasteiger charge is -2.11. The summed E-state index contributed by atoms with van der Waals surface area (Å²) in [5, 5.41) is 12.6. The number of aromatic nitrogens is 2. The van der Waals surface area contributed by atoms with E-state index in [9.17, 15) is 8.42 Å². The summed E-state index contributed by atoms with van der Waals surface area (Å²) in [5.74, 6) is 0. The molecule has 0 aliphatic heterocycles. The molecule has 3 N–H and O–H groups in total. The van der Waals surface area contributed by atoms with Gasteiger partial charge in [0.2, 0.25) is 10.0 Å². The van der Waals surface area contributed by atoms with E-state index in [2.05, 4.69) is 10.4 Å². The lowest BCUT2D eigenvalue weighted by atomic mass is 10.2. The van der Waals surface area contributed by atoms with Crippen LogP contribution in [0.5, 0.6) is 0 Å². The first-order chi connectivity index (χ1) is 9.41. The first kappa shape index (κ1) is 14.5. The van der Waals surface area contributed by atoms with Crippen LogP contribution in [0.15, 0.2) is 35.5 Å². The highest BCUT2D eigenvalue weighted by Gasteiger charge is 2.13. The van der Waals surface area contributed by atoms with Crippen molar-refractivity contribution in [3.8, 4) is 0 Å². The number of aryl methyl sites for hydroxylation is 1. The molecule has 0 atom stereocenters. The highest BCUT2D eigenvalue weighted by Crippen LogP contribution is 2.22. The maximum absolute atomic E-state index is 11.5. The molecule has 1 heterocycles. The van der Waals surface area contributed by atoms with Crippen molar-refractivity contribution in [2.75, 3.05) is 5.32 Å². The third kappa shape index (κ3) is 3.17. The smallest absolute Gasteiger partial charge is 0.238 e. The highest BCUT2D eigenvalue weighted by atomic mass is 32.2.